The van der Waals surface area contributed by atoms with Gasteiger partial charge in [-0.3, -0.25) is 19.2 Å². The molecule has 3 aliphatic rings. The summed E-state index contributed by atoms with van der Waals surface area (Å²) in [5.41, 5.74) is -0.712. The highest BCUT2D eigenvalue weighted by atomic mass is 16.5. The van der Waals surface area contributed by atoms with Crippen molar-refractivity contribution in [3.63, 3.8) is 0 Å². The van der Waals surface area contributed by atoms with Crippen LogP contribution in [0.4, 0.5) is 5.69 Å². The van der Waals surface area contributed by atoms with Crippen molar-refractivity contribution in [2.24, 2.45) is 11.8 Å². The summed E-state index contributed by atoms with van der Waals surface area (Å²) in [6.45, 7) is 0. The number of benzene rings is 3. The molecule has 1 aliphatic carbocycles. The third-order valence-corrected chi connectivity index (χ3v) is 6.96. The second kappa shape index (κ2) is 7.20. The first-order chi connectivity index (χ1) is 16.5. The quantitative estimate of drug-likeness (QED) is 0.446. The minimum atomic E-state index is -2.07. The van der Waals surface area contributed by atoms with Crippen LogP contribution in [0.25, 0.3) is 0 Å². The minimum absolute atomic E-state index is 0.208. The van der Waals surface area contributed by atoms with Crippen LogP contribution in [0.3, 0.4) is 0 Å². The van der Waals surface area contributed by atoms with Crippen molar-refractivity contribution >= 4 is 29.1 Å². The molecule has 0 aromatic heterocycles. The summed E-state index contributed by atoms with van der Waals surface area (Å²) in [5, 5.41) is 0. The van der Waals surface area contributed by atoms with E-state index in [-0.39, 0.29) is 11.1 Å². The van der Waals surface area contributed by atoms with Crippen LogP contribution < -0.4 is 9.64 Å². The Morgan fingerprint density at radius 2 is 1.44 bits per heavy atom. The van der Waals surface area contributed by atoms with E-state index in [0.29, 0.717) is 17.0 Å². The highest BCUT2D eigenvalue weighted by molar-refractivity contribution is 6.37. The monoisotopic (exact) mass is 453 g/mol. The van der Waals surface area contributed by atoms with E-state index in [1.54, 1.807) is 72.8 Å². The first-order valence-corrected chi connectivity index (χ1v) is 10.9. The summed E-state index contributed by atoms with van der Waals surface area (Å²) in [6.07, 6.45) is -0.930. The number of anilines is 1. The van der Waals surface area contributed by atoms with Crippen molar-refractivity contribution < 1.29 is 28.7 Å². The Morgan fingerprint density at radius 3 is 2.09 bits per heavy atom. The Hall–Kier alpha value is -4.10. The van der Waals surface area contributed by atoms with Gasteiger partial charge < -0.3 is 9.47 Å². The molecule has 2 aliphatic heterocycles. The van der Waals surface area contributed by atoms with Crippen LogP contribution in [0.5, 0.6) is 5.75 Å². The lowest BCUT2D eigenvalue weighted by atomic mass is 9.77. The SMILES string of the molecule is COc1cccc(N2C(=O)[C@H]3[C@@H](C2=O)C2(O[C@H]3c3ccccc3)C(=O)c3ccccc3C2=O)c1. The molecule has 2 heterocycles. The largest absolute Gasteiger partial charge is 0.497 e. The van der Waals surface area contributed by atoms with E-state index in [2.05, 4.69) is 0 Å². The number of imide groups is 1. The number of carbonyl (C=O) groups excluding carboxylic acids is 4. The molecule has 168 valence electrons. The Morgan fingerprint density at radius 1 is 0.794 bits per heavy atom. The van der Waals surface area contributed by atoms with E-state index >= 15 is 0 Å². The number of ether oxygens (including phenoxy) is 2. The van der Waals surface area contributed by atoms with Crippen molar-refractivity contribution in [1.29, 1.82) is 0 Å². The molecular formula is C27H19NO6. The second-order valence-electron chi connectivity index (χ2n) is 8.61. The molecule has 3 aromatic carbocycles. The van der Waals surface area contributed by atoms with Gasteiger partial charge in [0.25, 0.3) is 0 Å². The zero-order valence-electron chi connectivity index (χ0n) is 18.1. The number of carbonyl (C=O) groups is 4. The first-order valence-electron chi connectivity index (χ1n) is 10.9. The lowest BCUT2D eigenvalue weighted by molar-refractivity contribution is -0.127. The summed E-state index contributed by atoms with van der Waals surface area (Å²) in [7, 11) is 1.49. The van der Waals surface area contributed by atoms with Crippen molar-refractivity contribution in [1.82, 2.24) is 0 Å². The Balaban J connectivity index is 1.54. The van der Waals surface area contributed by atoms with E-state index in [1.807, 2.05) is 6.07 Å². The molecule has 2 amide bonds. The van der Waals surface area contributed by atoms with Gasteiger partial charge in [0.1, 0.15) is 5.75 Å². The second-order valence-corrected chi connectivity index (χ2v) is 8.61. The lowest BCUT2D eigenvalue weighted by Crippen LogP contribution is -2.51. The maximum Gasteiger partial charge on any atom is 0.241 e. The predicted octanol–water partition coefficient (Wildman–Crippen LogP) is 3.39. The number of fused-ring (bicyclic) bond motifs is 3. The van der Waals surface area contributed by atoms with Crippen LogP contribution >= 0.6 is 0 Å². The average Bonchev–Trinajstić information content (AvgIpc) is 3.44. The first kappa shape index (κ1) is 20.5. The molecule has 0 N–H and O–H groups in total. The van der Waals surface area contributed by atoms with Gasteiger partial charge in [-0.05, 0) is 17.7 Å². The maximum absolute atomic E-state index is 13.9. The fourth-order valence-corrected chi connectivity index (χ4v) is 5.46. The molecule has 2 saturated heterocycles. The van der Waals surface area contributed by atoms with Crippen LogP contribution in [-0.2, 0) is 14.3 Å². The molecule has 3 aromatic rings. The molecule has 0 bridgehead atoms. The van der Waals surface area contributed by atoms with Gasteiger partial charge in [0.2, 0.25) is 29.0 Å². The number of Topliss-reactive ketones (excluding diaryl/α,β-unsaturated/α-hetero) is 2. The summed E-state index contributed by atoms with van der Waals surface area (Å²) >= 11 is 0. The van der Waals surface area contributed by atoms with Crippen molar-refractivity contribution in [2.45, 2.75) is 11.7 Å². The van der Waals surface area contributed by atoms with E-state index < -0.39 is 46.9 Å². The fraction of sp³-hybridized carbons (Fsp3) is 0.185. The Kier molecular flexibility index (Phi) is 4.34. The highest BCUT2D eigenvalue weighted by Gasteiger charge is 2.74. The Labute approximate surface area is 194 Å². The van der Waals surface area contributed by atoms with Gasteiger partial charge in [0.15, 0.2) is 0 Å². The maximum atomic E-state index is 13.9. The van der Waals surface area contributed by atoms with Crippen LogP contribution in [0, 0.1) is 11.8 Å². The van der Waals surface area contributed by atoms with Crippen molar-refractivity contribution in [2.75, 3.05) is 12.0 Å². The number of hydrogen-bond acceptors (Lipinski definition) is 6. The van der Waals surface area contributed by atoms with Crippen LogP contribution in [0.15, 0.2) is 78.9 Å². The van der Waals surface area contributed by atoms with Gasteiger partial charge >= 0.3 is 0 Å². The molecule has 0 unspecified atom stereocenters. The van der Waals surface area contributed by atoms with Gasteiger partial charge in [0.05, 0.1) is 30.7 Å². The Bertz CT molecular complexity index is 1350. The summed E-state index contributed by atoms with van der Waals surface area (Å²) in [4.78, 5) is 56.1. The van der Waals surface area contributed by atoms with Crippen LogP contribution in [0.1, 0.15) is 32.4 Å². The lowest BCUT2D eigenvalue weighted by Gasteiger charge is -2.27. The smallest absolute Gasteiger partial charge is 0.241 e. The predicted molar refractivity (Wildman–Crippen MR) is 121 cm³/mol. The summed E-state index contributed by atoms with van der Waals surface area (Å²) < 4.78 is 11.5. The van der Waals surface area contributed by atoms with E-state index in [4.69, 9.17) is 9.47 Å². The van der Waals surface area contributed by atoms with E-state index in [9.17, 15) is 19.2 Å². The summed E-state index contributed by atoms with van der Waals surface area (Å²) in [5.74, 6) is -4.11. The van der Waals surface area contributed by atoms with Gasteiger partial charge in [-0.15, -0.1) is 0 Å². The molecule has 0 saturated carbocycles. The van der Waals surface area contributed by atoms with Gasteiger partial charge in [-0.1, -0.05) is 60.7 Å². The minimum Gasteiger partial charge on any atom is -0.497 e. The zero-order valence-corrected chi connectivity index (χ0v) is 18.1. The van der Waals surface area contributed by atoms with Gasteiger partial charge in [0, 0.05) is 17.2 Å². The van der Waals surface area contributed by atoms with Crippen molar-refractivity contribution in [3.8, 4) is 5.75 Å². The molecule has 34 heavy (non-hydrogen) atoms. The highest BCUT2D eigenvalue weighted by Crippen LogP contribution is 2.57. The van der Waals surface area contributed by atoms with E-state index in [1.165, 1.54) is 7.11 Å². The third kappa shape index (κ3) is 2.50. The number of nitrogens with zero attached hydrogens (tertiary/aromatic N) is 1. The third-order valence-electron chi connectivity index (χ3n) is 6.96. The number of methoxy groups -OCH3 is 1. The van der Waals surface area contributed by atoms with E-state index in [0.717, 1.165) is 4.90 Å². The normalized spacial score (nSPS) is 24.6. The van der Waals surface area contributed by atoms with Gasteiger partial charge in [-0.2, -0.15) is 0 Å². The molecule has 2 fully saturated rings. The number of amides is 2. The molecule has 1 spiro atoms. The summed E-state index contributed by atoms with van der Waals surface area (Å²) in [6, 6.07) is 21.9. The standard InChI is InChI=1S/C27H19NO6/c1-33-17-11-7-10-16(14-17)28-25(31)20-21(26(28)32)27(34-22(20)15-8-3-2-4-9-15)23(29)18-12-5-6-13-19(18)24(27)30/h2-14,20-22H,1H3/t20-,21-,22-/m0/s1. The number of rotatable bonds is 3. The molecule has 7 nitrogen and oxygen atoms in total. The topological polar surface area (TPSA) is 90.0 Å². The number of hydrogen-bond donors (Lipinski definition) is 0. The number of ketones is 2. The molecule has 0 radical (unpaired) electrons. The fourth-order valence-electron chi connectivity index (χ4n) is 5.46. The van der Waals surface area contributed by atoms with Crippen molar-refractivity contribution in [3.05, 3.63) is 95.6 Å². The van der Waals surface area contributed by atoms with Crippen LogP contribution in [0.2, 0.25) is 0 Å². The molecule has 3 atom stereocenters. The van der Waals surface area contributed by atoms with Crippen LogP contribution in [-0.4, -0.2) is 36.1 Å². The average molecular weight is 453 g/mol. The molecular weight excluding hydrogens is 434 g/mol. The zero-order chi connectivity index (χ0) is 23.6. The molecule has 6 rings (SSSR count). The molecule has 7 heteroatoms. The van der Waals surface area contributed by atoms with Gasteiger partial charge in [-0.25, -0.2) is 4.90 Å².